The lowest BCUT2D eigenvalue weighted by molar-refractivity contribution is -0.692. The van der Waals surface area contributed by atoms with Crippen LogP contribution in [0.1, 0.15) is 25.0 Å². The van der Waals surface area contributed by atoms with Crippen molar-refractivity contribution in [2.75, 3.05) is 0 Å². The van der Waals surface area contributed by atoms with Crippen LogP contribution in [0.4, 0.5) is 0 Å². The standard InChI is InChI=1S/C31H22NO/c1-31(2)25-15-21-12-11-18-7-5-6-10-23(18)29(21)32-17-33-26-16-22-13-19-8-3-4-9-20(19)14-24(22)28(31)27(26)30(25)32/h3-16H,17H2,1-2H3/q+1. The molecule has 0 spiro atoms. The van der Waals surface area contributed by atoms with Crippen LogP contribution in [-0.2, 0) is 12.1 Å². The zero-order valence-electron chi connectivity index (χ0n) is 18.6. The SMILES string of the molecule is CC1(C)c2cc3ccc4ccccc4c3[n+]3c2-c2c(cc4cc5ccccc5cc4c21)OC3. The number of hydrogen-bond acceptors (Lipinski definition) is 1. The molecule has 0 saturated heterocycles. The van der Waals surface area contributed by atoms with Gasteiger partial charge in [0.05, 0.1) is 10.9 Å². The van der Waals surface area contributed by atoms with Crippen molar-refractivity contribution in [1.82, 2.24) is 0 Å². The van der Waals surface area contributed by atoms with Crippen LogP contribution in [-0.4, -0.2) is 0 Å². The molecule has 0 N–H and O–H groups in total. The monoisotopic (exact) mass is 424 g/mol. The Labute approximate surface area is 191 Å². The van der Waals surface area contributed by atoms with Gasteiger partial charge in [0.2, 0.25) is 11.2 Å². The highest BCUT2D eigenvalue weighted by atomic mass is 16.5. The minimum atomic E-state index is -0.114. The fraction of sp³-hybridized carbons (Fsp3) is 0.129. The van der Waals surface area contributed by atoms with Gasteiger partial charge in [-0.1, -0.05) is 62.4 Å². The second-order valence-corrected chi connectivity index (χ2v) is 10.0. The summed E-state index contributed by atoms with van der Waals surface area (Å²) in [5.41, 5.74) is 6.54. The molecule has 0 bridgehead atoms. The van der Waals surface area contributed by atoms with Gasteiger partial charge in [0.1, 0.15) is 5.75 Å². The molecular weight excluding hydrogens is 402 g/mol. The molecule has 2 heterocycles. The number of aromatic nitrogens is 1. The zero-order valence-corrected chi connectivity index (χ0v) is 18.6. The minimum absolute atomic E-state index is 0.114. The van der Waals surface area contributed by atoms with Gasteiger partial charge >= 0.3 is 0 Å². The molecule has 0 atom stereocenters. The normalized spacial score (nSPS) is 15.3. The molecule has 156 valence electrons. The maximum atomic E-state index is 6.50. The Morgan fingerprint density at radius 3 is 2.27 bits per heavy atom. The van der Waals surface area contributed by atoms with E-state index in [1.165, 1.54) is 65.6 Å². The maximum absolute atomic E-state index is 6.50. The Morgan fingerprint density at radius 2 is 1.42 bits per heavy atom. The second kappa shape index (κ2) is 5.71. The zero-order chi connectivity index (χ0) is 21.9. The molecule has 0 unspecified atom stereocenters. The molecule has 8 rings (SSSR count). The third kappa shape index (κ3) is 2.07. The van der Waals surface area contributed by atoms with Crippen molar-refractivity contribution in [3.63, 3.8) is 0 Å². The van der Waals surface area contributed by atoms with E-state index >= 15 is 0 Å². The van der Waals surface area contributed by atoms with Gasteiger partial charge in [0.15, 0.2) is 0 Å². The third-order valence-corrected chi connectivity index (χ3v) is 7.88. The van der Waals surface area contributed by atoms with E-state index in [0.29, 0.717) is 6.73 Å². The molecule has 33 heavy (non-hydrogen) atoms. The Kier molecular flexibility index (Phi) is 3.05. The molecule has 5 aromatic carbocycles. The number of benzene rings is 5. The van der Waals surface area contributed by atoms with Crippen LogP contribution in [0.5, 0.6) is 5.75 Å². The van der Waals surface area contributed by atoms with Crippen molar-refractivity contribution in [2.24, 2.45) is 0 Å². The fourth-order valence-electron chi connectivity index (χ4n) is 6.38. The Hall–Kier alpha value is -3.91. The van der Waals surface area contributed by atoms with E-state index in [-0.39, 0.29) is 5.41 Å². The van der Waals surface area contributed by atoms with Gasteiger partial charge in [-0.15, -0.1) is 0 Å². The van der Waals surface area contributed by atoms with Gasteiger partial charge in [0.25, 0.3) is 6.73 Å². The number of fused-ring (bicyclic) bond motifs is 7. The highest BCUT2D eigenvalue weighted by molar-refractivity contribution is 6.08. The summed E-state index contributed by atoms with van der Waals surface area (Å²) >= 11 is 0. The van der Waals surface area contributed by atoms with Gasteiger partial charge in [-0.05, 0) is 68.9 Å². The molecule has 1 aliphatic heterocycles. The molecule has 0 radical (unpaired) electrons. The van der Waals surface area contributed by atoms with Crippen molar-refractivity contribution in [2.45, 2.75) is 26.0 Å². The van der Waals surface area contributed by atoms with Gasteiger partial charge in [-0.25, -0.2) is 0 Å². The Morgan fingerprint density at radius 1 is 0.697 bits per heavy atom. The van der Waals surface area contributed by atoms with Crippen molar-refractivity contribution in [1.29, 1.82) is 0 Å². The summed E-state index contributed by atoms with van der Waals surface area (Å²) in [6.07, 6.45) is 0. The Balaban J connectivity index is 1.58. The molecule has 0 amide bonds. The Bertz CT molecular complexity index is 1840. The van der Waals surface area contributed by atoms with Crippen LogP contribution in [0.2, 0.25) is 0 Å². The van der Waals surface area contributed by atoms with E-state index in [0.717, 1.165) is 5.75 Å². The highest BCUT2D eigenvalue weighted by Gasteiger charge is 2.47. The summed E-state index contributed by atoms with van der Waals surface area (Å²) in [5.74, 6) is 1.01. The number of rotatable bonds is 0. The smallest absolute Gasteiger partial charge is 0.293 e. The first kappa shape index (κ1) is 17.6. The van der Waals surface area contributed by atoms with Gasteiger partial charge in [-0.3, -0.25) is 0 Å². The molecule has 1 aromatic heterocycles. The van der Waals surface area contributed by atoms with Crippen molar-refractivity contribution in [3.8, 4) is 17.0 Å². The first-order valence-corrected chi connectivity index (χ1v) is 11.6. The minimum Gasteiger partial charge on any atom is -0.435 e. The number of pyridine rings is 1. The summed E-state index contributed by atoms with van der Waals surface area (Å²) in [4.78, 5) is 0. The molecule has 2 nitrogen and oxygen atoms in total. The first-order valence-electron chi connectivity index (χ1n) is 11.6. The number of hydrogen-bond donors (Lipinski definition) is 0. The topological polar surface area (TPSA) is 13.1 Å². The van der Waals surface area contributed by atoms with E-state index in [2.05, 4.69) is 103 Å². The molecule has 2 heteroatoms. The van der Waals surface area contributed by atoms with Crippen LogP contribution in [0.25, 0.3) is 54.5 Å². The molecule has 0 saturated carbocycles. The lowest BCUT2D eigenvalue weighted by Crippen LogP contribution is -2.43. The molecular formula is C31H22NO+. The van der Waals surface area contributed by atoms with E-state index < -0.39 is 0 Å². The second-order valence-electron chi connectivity index (χ2n) is 10.0. The van der Waals surface area contributed by atoms with Crippen molar-refractivity contribution < 1.29 is 9.30 Å². The number of nitrogens with zero attached hydrogens (tertiary/aromatic N) is 1. The lowest BCUT2D eigenvalue weighted by Gasteiger charge is -2.22. The summed E-state index contributed by atoms with van der Waals surface area (Å²) in [7, 11) is 0. The molecule has 1 aliphatic carbocycles. The molecule has 2 aliphatic rings. The van der Waals surface area contributed by atoms with Crippen LogP contribution in [0, 0.1) is 0 Å². The third-order valence-electron chi connectivity index (χ3n) is 7.88. The summed E-state index contributed by atoms with van der Waals surface area (Å²) < 4.78 is 8.91. The van der Waals surface area contributed by atoms with Gasteiger partial charge in [-0.2, -0.15) is 4.57 Å². The highest BCUT2D eigenvalue weighted by Crippen LogP contribution is 2.55. The largest absolute Gasteiger partial charge is 0.435 e. The average Bonchev–Trinajstić information content (AvgIpc) is 3.08. The van der Waals surface area contributed by atoms with Crippen LogP contribution < -0.4 is 9.30 Å². The maximum Gasteiger partial charge on any atom is 0.293 e. The van der Waals surface area contributed by atoms with Crippen molar-refractivity contribution >= 4 is 43.2 Å². The first-order chi connectivity index (χ1) is 16.1. The molecule has 0 fully saturated rings. The summed E-state index contributed by atoms with van der Waals surface area (Å²) in [6, 6.07) is 31.2. The summed E-state index contributed by atoms with van der Waals surface area (Å²) in [5, 5.41) is 8.97. The van der Waals surface area contributed by atoms with Crippen LogP contribution >= 0.6 is 0 Å². The van der Waals surface area contributed by atoms with Crippen LogP contribution in [0.15, 0.2) is 84.9 Å². The summed E-state index contributed by atoms with van der Waals surface area (Å²) in [6.45, 7) is 5.28. The van der Waals surface area contributed by atoms with E-state index in [4.69, 9.17) is 4.74 Å². The van der Waals surface area contributed by atoms with Crippen molar-refractivity contribution in [3.05, 3.63) is 96.1 Å². The lowest BCUT2D eigenvalue weighted by atomic mass is 9.79. The van der Waals surface area contributed by atoms with Crippen LogP contribution in [0.3, 0.4) is 0 Å². The van der Waals surface area contributed by atoms with Gasteiger partial charge in [0, 0.05) is 16.4 Å². The van der Waals surface area contributed by atoms with E-state index in [1.807, 2.05) is 0 Å². The number of ether oxygens (including phenoxy) is 1. The predicted octanol–water partition coefficient (Wildman–Crippen LogP) is 7.24. The molecule has 6 aromatic rings. The predicted molar refractivity (Wildman–Crippen MR) is 135 cm³/mol. The fourth-order valence-corrected chi connectivity index (χ4v) is 6.38. The van der Waals surface area contributed by atoms with E-state index in [1.54, 1.807) is 0 Å². The van der Waals surface area contributed by atoms with E-state index in [9.17, 15) is 0 Å². The average molecular weight is 425 g/mol. The quantitative estimate of drug-likeness (QED) is 0.142. The van der Waals surface area contributed by atoms with Gasteiger partial charge < -0.3 is 4.74 Å².